The Morgan fingerprint density at radius 2 is 0.871 bits per heavy atom. The fraction of sp³-hybridized carbons (Fsp3) is 0.790. The van der Waals surface area contributed by atoms with Crippen molar-refractivity contribution in [3.05, 3.63) is 12.2 Å². The predicted octanol–water partition coefficient (Wildman–Crippen LogP) is 3.27. The normalized spacial score (nSPS) is 26.9. The molecule has 0 aliphatic carbocycles. The van der Waals surface area contributed by atoms with Crippen LogP contribution in [0.5, 0.6) is 0 Å². The van der Waals surface area contributed by atoms with Gasteiger partial charge in [-0.15, -0.1) is 0 Å². The fourth-order valence-electron chi connectivity index (χ4n) is 10.7. The van der Waals surface area contributed by atoms with Crippen LogP contribution in [0.2, 0.25) is 0 Å². The first kappa shape index (κ1) is 76.9. The Kier molecular flexibility index (Phi) is 31.5. The first-order chi connectivity index (χ1) is 39.2. The van der Waals surface area contributed by atoms with E-state index in [1.54, 1.807) is 54.5 Å². The highest BCUT2D eigenvalue weighted by atomic mass is 16.3. The summed E-state index contributed by atoms with van der Waals surface area (Å²) in [5.74, 6) is -9.71. The molecule has 0 radical (unpaired) electrons. The second-order valence-electron chi connectivity index (χ2n) is 26.1. The topological polar surface area (TPSA) is 279 Å². The van der Waals surface area contributed by atoms with Crippen molar-refractivity contribution in [3.8, 4) is 0 Å². The average molecular weight is 1200 g/mol. The zero-order valence-electron chi connectivity index (χ0n) is 56.1. The van der Waals surface area contributed by atoms with Crippen LogP contribution in [0.3, 0.4) is 0 Å². The summed E-state index contributed by atoms with van der Waals surface area (Å²) < 4.78 is 0. The molecule has 0 unspecified atom stereocenters. The van der Waals surface area contributed by atoms with Crippen molar-refractivity contribution < 1.29 is 57.8 Å². The number of aliphatic hydroxyl groups excluding tert-OH is 1. The molecule has 0 aromatic rings. The molecule has 0 saturated carbocycles. The smallest absolute Gasteiger partial charge is 0.246 e. The van der Waals surface area contributed by atoms with Crippen molar-refractivity contribution in [2.75, 3.05) is 55.9 Å². The highest BCUT2D eigenvalue weighted by molar-refractivity contribution is 5.99. The number of nitrogens with one attached hydrogen (secondary N) is 4. The summed E-state index contributed by atoms with van der Waals surface area (Å²) in [6.45, 7) is 29.3. The molecule has 1 aliphatic rings. The van der Waals surface area contributed by atoms with Crippen LogP contribution >= 0.6 is 0 Å². The minimum atomic E-state index is -1.61. The van der Waals surface area contributed by atoms with E-state index in [0.717, 1.165) is 9.80 Å². The minimum Gasteiger partial charge on any atom is -0.390 e. The van der Waals surface area contributed by atoms with Crippen LogP contribution in [0.1, 0.15) is 156 Å². The van der Waals surface area contributed by atoms with E-state index in [0.29, 0.717) is 6.42 Å². The summed E-state index contributed by atoms with van der Waals surface area (Å²) in [5.41, 5.74) is 0. The van der Waals surface area contributed by atoms with Gasteiger partial charge in [-0.25, -0.2) is 0 Å². The number of aliphatic hydroxyl groups is 1. The molecule has 0 aromatic heterocycles. The SMILES string of the molecule is C/C=C/C[C@@H](C)[C@H](O)[C@@H]1C(=O)N[C@H](CC)C(=O)N(C)CC(=O)N(C)[C@H](CC(C)C)C(=O)N[C@H](C(C)C)C(=O)N(C)[C@H](CC(C)C)C(=O)N[C@H](C)C(=O)N[C@@H](C)C(=O)N(C)[C@H](CC(C)C)C(=O)N(C)[C@H](CC(C)C)C(=O)N(C)[C@H](C(C)C)C(=O)N1C. The fourth-order valence-corrected chi connectivity index (χ4v) is 10.7. The first-order valence-corrected chi connectivity index (χ1v) is 30.6. The zero-order valence-corrected chi connectivity index (χ0v) is 56.1. The van der Waals surface area contributed by atoms with Gasteiger partial charge in [0.2, 0.25) is 65.0 Å². The first-order valence-electron chi connectivity index (χ1n) is 30.6. The molecular formula is C62H111N11O12. The lowest BCUT2D eigenvalue weighted by molar-refractivity contribution is -0.157. The third-order valence-electron chi connectivity index (χ3n) is 16.1. The van der Waals surface area contributed by atoms with Gasteiger partial charge in [0.25, 0.3) is 0 Å². The predicted molar refractivity (Wildman–Crippen MR) is 328 cm³/mol. The van der Waals surface area contributed by atoms with E-state index in [-0.39, 0.29) is 55.8 Å². The lowest BCUT2D eigenvalue weighted by Gasteiger charge is -2.41. The molecular weight excluding hydrogens is 1090 g/mol. The summed E-state index contributed by atoms with van der Waals surface area (Å²) in [6, 6.07) is -12.3. The van der Waals surface area contributed by atoms with Crippen LogP contribution in [-0.4, -0.2) is 227 Å². The Balaban J connectivity index is 4.32. The molecule has 5 N–H and O–H groups in total. The highest BCUT2D eigenvalue weighted by Gasteiger charge is 2.45. The Morgan fingerprint density at radius 3 is 1.32 bits per heavy atom. The minimum absolute atomic E-state index is 0.0229. The van der Waals surface area contributed by atoms with E-state index in [4.69, 9.17) is 0 Å². The molecule has 12 atom stereocenters. The number of nitrogens with zero attached hydrogens (tertiary/aromatic N) is 7. The molecule has 23 heteroatoms. The molecule has 1 rings (SSSR count). The number of rotatable bonds is 15. The van der Waals surface area contributed by atoms with Crippen LogP contribution < -0.4 is 21.3 Å². The van der Waals surface area contributed by atoms with Gasteiger partial charge in [-0.1, -0.05) is 109 Å². The Bertz CT molecular complexity index is 2330. The average Bonchev–Trinajstić information content (AvgIpc) is 3.62. The number of amides is 11. The van der Waals surface area contributed by atoms with Crippen molar-refractivity contribution in [3.63, 3.8) is 0 Å². The number of hydrogen-bond donors (Lipinski definition) is 5. The van der Waals surface area contributed by atoms with Crippen LogP contribution in [0, 0.1) is 41.4 Å². The zero-order chi connectivity index (χ0) is 66.0. The molecule has 1 aliphatic heterocycles. The maximum absolute atomic E-state index is 15.1. The van der Waals surface area contributed by atoms with Crippen molar-refractivity contribution >= 4 is 65.0 Å². The Labute approximate surface area is 508 Å². The summed E-state index contributed by atoms with van der Waals surface area (Å²) in [7, 11) is 9.92. The number of carbonyl (C=O) groups excluding carboxylic acids is 11. The largest absolute Gasteiger partial charge is 0.390 e. The monoisotopic (exact) mass is 1200 g/mol. The number of allylic oxidation sites excluding steroid dienone is 2. The number of carbonyl (C=O) groups is 11. The standard InChI is InChI=1S/C62H111N11O12/c1-25-27-28-40(15)52(75)51-56(79)65-43(26-2)58(81)67(18)33-48(74)68(19)44(29-34(3)4)55(78)66-49(38(11)12)61(84)69(20)45(30-35(5)6)54(77)63-41(16)53(76)64-42(17)57(80)70(21)46(31-36(7)8)59(82)71(22)47(32-37(9)10)60(83)72(23)50(39(13)14)62(85)73(51)24/h25,27,34-47,49-52,75H,26,28-33H2,1-24H3,(H,63,77)(H,64,76)(H,65,79)(H,66,78)/b27-25+/t40-,41-,42+,43-,44-,45-,46-,47-,49-,50-,51-,52+/m1/s1. The molecule has 0 spiro atoms. The highest BCUT2D eigenvalue weighted by Crippen LogP contribution is 2.26. The molecule has 0 bridgehead atoms. The van der Waals surface area contributed by atoms with E-state index in [9.17, 15) is 48.3 Å². The van der Waals surface area contributed by atoms with Crippen molar-refractivity contribution in [2.45, 2.75) is 223 Å². The Hall–Kier alpha value is -6.13. The van der Waals surface area contributed by atoms with E-state index in [1.165, 1.54) is 87.7 Å². The molecule has 1 saturated heterocycles. The van der Waals surface area contributed by atoms with Gasteiger partial charge >= 0.3 is 0 Å². The van der Waals surface area contributed by atoms with Gasteiger partial charge in [0.15, 0.2) is 0 Å². The molecule has 11 amide bonds. The lowest BCUT2D eigenvalue weighted by atomic mass is 9.91. The van der Waals surface area contributed by atoms with Crippen LogP contribution in [0.15, 0.2) is 12.2 Å². The third-order valence-corrected chi connectivity index (χ3v) is 16.1. The maximum Gasteiger partial charge on any atom is 0.246 e. The third kappa shape index (κ3) is 21.7. The second kappa shape index (κ2) is 34.9. The van der Waals surface area contributed by atoms with E-state index in [2.05, 4.69) is 21.3 Å². The van der Waals surface area contributed by atoms with E-state index < -0.39 is 156 Å². The van der Waals surface area contributed by atoms with Gasteiger partial charge in [0.1, 0.15) is 60.4 Å². The van der Waals surface area contributed by atoms with E-state index in [1.807, 2.05) is 61.5 Å². The molecule has 1 fully saturated rings. The molecule has 1 heterocycles. The van der Waals surface area contributed by atoms with Crippen molar-refractivity contribution in [1.29, 1.82) is 0 Å². The van der Waals surface area contributed by atoms with Gasteiger partial charge in [-0.2, -0.15) is 0 Å². The summed E-state index contributed by atoms with van der Waals surface area (Å²) >= 11 is 0. The second-order valence-corrected chi connectivity index (χ2v) is 26.1. The number of likely N-dealkylation sites (N-methyl/N-ethyl adjacent to an activating group) is 7. The van der Waals surface area contributed by atoms with Gasteiger partial charge in [0.05, 0.1) is 12.6 Å². The quantitative estimate of drug-likeness (QED) is 0.148. The van der Waals surface area contributed by atoms with Gasteiger partial charge < -0.3 is 60.7 Å². The molecule has 23 nitrogen and oxygen atoms in total. The van der Waals surface area contributed by atoms with Gasteiger partial charge in [-0.05, 0) is 101 Å². The number of hydrogen-bond acceptors (Lipinski definition) is 12. The molecule has 486 valence electrons. The molecule has 85 heavy (non-hydrogen) atoms. The van der Waals surface area contributed by atoms with Crippen LogP contribution in [-0.2, 0) is 52.7 Å². The lowest BCUT2D eigenvalue weighted by Crippen LogP contribution is -2.63. The maximum atomic E-state index is 15.1. The van der Waals surface area contributed by atoms with Crippen LogP contribution in [0.4, 0.5) is 0 Å². The summed E-state index contributed by atoms with van der Waals surface area (Å²) in [4.78, 5) is 169. The van der Waals surface area contributed by atoms with Crippen LogP contribution in [0.25, 0.3) is 0 Å². The summed E-state index contributed by atoms with van der Waals surface area (Å²) in [5, 5.41) is 23.1. The molecule has 0 aromatic carbocycles. The van der Waals surface area contributed by atoms with Crippen molar-refractivity contribution in [2.24, 2.45) is 41.4 Å². The van der Waals surface area contributed by atoms with Gasteiger partial charge in [0, 0.05) is 49.3 Å². The van der Waals surface area contributed by atoms with Crippen molar-refractivity contribution in [1.82, 2.24) is 55.6 Å². The Morgan fingerprint density at radius 1 is 0.459 bits per heavy atom. The van der Waals surface area contributed by atoms with E-state index >= 15 is 9.59 Å². The summed E-state index contributed by atoms with van der Waals surface area (Å²) in [6.07, 6.45) is 3.04. The van der Waals surface area contributed by atoms with Gasteiger partial charge in [-0.3, -0.25) is 52.7 Å².